The molecule has 4 heteroatoms. The van der Waals surface area contributed by atoms with Gasteiger partial charge in [0.05, 0.1) is 6.04 Å². The highest BCUT2D eigenvalue weighted by molar-refractivity contribution is 6.30. The van der Waals surface area contributed by atoms with Crippen LogP contribution in [-0.2, 0) is 4.79 Å². The molecule has 1 aliphatic heterocycles. The Bertz CT molecular complexity index is 759. The molecule has 0 spiro atoms. The summed E-state index contributed by atoms with van der Waals surface area (Å²) in [7, 11) is 0. The van der Waals surface area contributed by atoms with Gasteiger partial charge in [-0.1, -0.05) is 47.5 Å². The van der Waals surface area contributed by atoms with Crippen LogP contribution in [0.4, 0.5) is 0 Å². The summed E-state index contributed by atoms with van der Waals surface area (Å²) in [5.41, 5.74) is 4.55. The molecule has 2 unspecified atom stereocenters. The molecule has 1 heterocycles. The third kappa shape index (κ3) is 3.33. The zero-order valence-electron chi connectivity index (χ0n) is 14.0. The minimum atomic E-state index is -0.746. The lowest BCUT2D eigenvalue weighted by Crippen LogP contribution is -2.39. The van der Waals surface area contributed by atoms with E-state index in [9.17, 15) is 9.90 Å². The zero-order chi connectivity index (χ0) is 17.3. The number of hydrogen-bond acceptors (Lipinski definition) is 2. The van der Waals surface area contributed by atoms with Crippen molar-refractivity contribution in [1.82, 2.24) is 4.90 Å². The molecule has 1 saturated heterocycles. The Morgan fingerprint density at radius 2 is 2.04 bits per heavy atom. The molecule has 2 atom stereocenters. The molecule has 0 bridgehead atoms. The van der Waals surface area contributed by atoms with E-state index in [1.165, 1.54) is 11.1 Å². The van der Waals surface area contributed by atoms with Crippen molar-refractivity contribution in [2.75, 3.05) is 6.54 Å². The Kier molecular flexibility index (Phi) is 4.93. The van der Waals surface area contributed by atoms with E-state index < -0.39 is 12.0 Å². The number of nitrogens with zero attached hydrogens (tertiary/aromatic N) is 1. The maximum Gasteiger partial charge on any atom is 0.320 e. The van der Waals surface area contributed by atoms with Gasteiger partial charge in [-0.25, -0.2) is 0 Å². The van der Waals surface area contributed by atoms with E-state index >= 15 is 0 Å². The predicted octanol–water partition coefficient (Wildman–Crippen LogP) is 4.60. The molecule has 1 aliphatic rings. The van der Waals surface area contributed by atoms with Crippen LogP contribution in [0.5, 0.6) is 0 Å². The molecule has 1 fully saturated rings. The molecule has 0 aliphatic carbocycles. The fraction of sp³-hybridized carbons (Fsp3) is 0.350. The molecule has 0 radical (unpaired) electrons. The number of carbonyl (C=O) groups is 1. The van der Waals surface area contributed by atoms with E-state index in [0.717, 1.165) is 24.1 Å². The number of halogens is 1. The lowest BCUT2D eigenvalue weighted by molar-refractivity contribution is -0.142. The monoisotopic (exact) mass is 343 g/mol. The number of likely N-dealkylation sites (tertiary alicyclic amines) is 1. The van der Waals surface area contributed by atoms with Crippen LogP contribution in [-0.4, -0.2) is 28.6 Å². The molecular weight excluding hydrogens is 322 g/mol. The first-order valence-corrected chi connectivity index (χ1v) is 8.66. The molecule has 3 nitrogen and oxygen atoms in total. The standard InChI is InChI=1S/C20H22ClNO2/c1-13-8-9-14(2)17(11-13)19(15-5-3-6-16(21)12-15)22-10-4-7-18(22)20(23)24/h3,5-6,8-9,11-12,18-19H,4,7,10H2,1-2H3,(H,23,24). The number of carboxylic acid groups (broad SMARTS) is 1. The van der Waals surface area contributed by atoms with Crippen molar-refractivity contribution in [2.45, 2.75) is 38.8 Å². The smallest absolute Gasteiger partial charge is 0.320 e. The van der Waals surface area contributed by atoms with Crippen molar-refractivity contribution in [1.29, 1.82) is 0 Å². The lowest BCUT2D eigenvalue weighted by atomic mass is 9.91. The topological polar surface area (TPSA) is 40.5 Å². The predicted molar refractivity (Wildman–Crippen MR) is 96.6 cm³/mol. The molecule has 0 aromatic heterocycles. The first-order valence-electron chi connectivity index (χ1n) is 8.28. The van der Waals surface area contributed by atoms with Gasteiger partial charge >= 0.3 is 5.97 Å². The van der Waals surface area contributed by atoms with E-state index in [1.54, 1.807) is 0 Å². The van der Waals surface area contributed by atoms with E-state index in [4.69, 9.17) is 11.6 Å². The van der Waals surface area contributed by atoms with E-state index in [-0.39, 0.29) is 6.04 Å². The highest BCUT2D eigenvalue weighted by Gasteiger charge is 2.37. The Hall–Kier alpha value is -1.84. The summed E-state index contributed by atoms with van der Waals surface area (Å²) in [5.74, 6) is -0.746. The first-order chi connectivity index (χ1) is 11.5. The average molecular weight is 344 g/mol. The second-order valence-corrected chi connectivity index (χ2v) is 6.99. The normalized spacial score (nSPS) is 19.4. The van der Waals surface area contributed by atoms with Crippen molar-refractivity contribution in [2.24, 2.45) is 0 Å². The number of aliphatic carboxylic acids is 1. The van der Waals surface area contributed by atoms with Gasteiger partial charge in [0.2, 0.25) is 0 Å². The molecule has 2 aromatic carbocycles. The van der Waals surface area contributed by atoms with Crippen molar-refractivity contribution >= 4 is 17.6 Å². The average Bonchev–Trinajstić information content (AvgIpc) is 3.01. The van der Waals surface area contributed by atoms with Gasteiger partial charge in [0.15, 0.2) is 0 Å². The van der Waals surface area contributed by atoms with Crippen molar-refractivity contribution < 1.29 is 9.90 Å². The van der Waals surface area contributed by atoms with Gasteiger partial charge in [0.25, 0.3) is 0 Å². The number of carboxylic acids is 1. The Morgan fingerprint density at radius 3 is 2.75 bits per heavy atom. The van der Waals surface area contributed by atoms with Crippen LogP contribution < -0.4 is 0 Å². The third-order valence-corrected chi connectivity index (χ3v) is 5.04. The highest BCUT2D eigenvalue weighted by Crippen LogP contribution is 2.37. The van der Waals surface area contributed by atoms with Crippen molar-refractivity contribution in [3.05, 3.63) is 69.7 Å². The van der Waals surface area contributed by atoms with Crippen LogP contribution in [0.2, 0.25) is 5.02 Å². The summed E-state index contributed by atoms with van der Waals surface area (Å²) < 4.78 is 0. The minimum absolute atomic E-state index is 0.0906. The van der Waals surface area contributed by atoms with Crippen LogP contribution in [0.3, 0.4) is 0 Å². The molecule has 1 N–H and O–H groups in total. The third-order valence-electron chi connectivity index (χ3n) is 4.80. The van der Waals surface area contributed by atoms with E-state index in [0.29, 0.717) is 11.4 Å². The summed E-state index contributed by atoms with van der Waals surface area (Å²) in [6, 6.07) is 13.6. The molecule has 126 valence electrons. The molecule has 2 aromatic rings. The Morgan fingerprint density at radius 1 is 1.25 bits per heavy atom. The molecule has 3 rings (SSSR count). The number of rotatable bonds is 4. The van der Waals surface area contributed by atoms with Gasteiger partial charge in [-0.15, -0.1) is 0 Å². The Labute approximate surface area is 147 Å². The van der Waals surface area contributed by atoms with Crippen LogP contribution in [0.25, 0.3) is 0 Å². The van der Waals surface area contributed by atoms with Crippen LogP contribution in [0.1, 0.15) is 41.1 Å². The summed E-state index contributed by atoms with van der Waals surface area (Å²) in [5, 5.41) is 10.3. The van der Waals surface area contributed by atoms with E-state index in [1.807, 2.05) is 24.3 Å². The van der Waals surface area contributed by atoms with Crippen molar-refractivity contribution in [3.8, 4) is 0 Å². The summed E-state index contributed by atoms with van der Waals surface area (Å²) in [4.78, 5) is 13.8. The Balaban J connectivity index is 2.14. The van der Waals surface area contributed by atoms with Crippen LogP contribution in [0, 0.1) is 13.8 Å². The maximum absolute atomic E-state index is 11.7. The van der Waals surface area contributed by atoms with Gasteiger partial charge in [-0.3, -0.25) is 9.69 Å². The largest absolute Gasteiger partial charge is 0.480 e. The van der Waals surface area contributed by atoms with Gasteiger partial charge < -0.3 is 5.11 Å². The second-order valence-electron chi connectivity index (χ2n) is 6.55. The maximum atomic E-state index is 11.7. The molecule has 0 amide bonds. The summed E-state index contributed by atoms with van der Waals surface area (Å²) >= 11 is 6.22. The number of aryl methyl sites for hydroxylation is 2. The summed E-state index contributed by atoms with van der Waals surface area (Å²) in [6.45, 7) is 4.93. The highest BCUT2D eigenvalue weighted by atomic mass is 35.5. The quantitative estimate of drug-likeness (QED) is 0.882. The van der Waals surface area contributed by atoms with Crippen molar-refractivity contribution in [3.63, 3.8) is 0 Å². The van der Waals surface area contributed by atoms with Gasteiger partial charge in [0.1, 0.15) is 6.04 Å². The zero-order valence-corrected chi connectivity index (χ0v) is 14.8. The minimum Gasteiger partial charge on any atom is -0.480 e. The lowest BCUT2D eigenvalue weighted by Gasteiger charge is -2.33. The van der Waals surface area contributed by atoms with Gasteiger partial charge in [0, 0.05) is 11.6 Å². The fourth-order valence-electron chi connectivity index (χ4n) is 3.64. The number of benzene rings is 2. The second kappa shape index (κ2) is 6.96. The van der Waals surface area contributed by atoms with Gasteiger partial charge in [-0.2, -0.15) is 0 Å². The SMILES string of the molecule is Cc1ccc(C)c(C(c2cccc(Cl)c2)N2CCCC2C(=O)O)c1. The molecular formula is C20H22ClNO2. The van der Waals surface area contributed by atoms with E-state index in [2.05, 4.69) is 36.9 Å². The van der Waals surface area contributed by atoms with Crippen LogP contribution >= 0.6 is 11.6 Å². The molecule has 0 saturated carbocycles. The molecule has 24 heavy (non-hydrogen) atoms. The summed E-state index contributed by atoms with van der Waals surface area (Å²) in [6.07, 6.45) is 1.59. The first kappa shape index (κ1) is 17.0. The van der Waals surface area contributed by atoms with Gasteiger partial charge in [-0.05, 0) is 55.5 Å². The number of hydrogen-bond donors (Lipinski definition) is 1. The van der Waals surface area contributed by atoms with Crippen LogP contribution in [0.15, 0.2) is 42.5 Å². The fourth-order valence-corrected chi connectivity index (χ4v) is 3.84.